The van der Waals surface area contributed by atoms with Crippen LogP contribution in [0.15, 0.2) is 24.3 Å². The number of para-hydroxylation sites is 2. The summed E-state index contributed by atoms with van der Waals surface area (Å²) >= 11 is 0. The molecule has 6 nitrogen and oxygen atoms in total. The lowest BCUT2D eigenvalue weighted by Gasteiger charge is -2.10. The maximum atomic E-state index is 5.57. The molecule has 0 bridgehead atoms. The molecule has 0 saturated carbocycles. The first-order chi connectivity index (χ1) is 8.29. The summed E-state index contributed by atoms with van der Waals surface area (Å²) in [7, 11) is 0. The Labute approximate surface area is 98.8 Å². The Morgan fingerprint density at radius 3 is 2.53 bits per heavy atom. The first-order valence-electron chi connectivity index (χ1n) is 5.31. The van der Waals surface area contributed by atoms with Crippen LogP contribution < -0.4 is 15.2 Å². The van der Waals surface area contributed by atoms with E-state index in [9.17, 15) is 0 Å². The van der Waals surface area contributed by atoms with Crippen LogP contribution in [0.25, 0.3) is 0 Å². The topological polar surface area (TPSA) is 86.1 Å². The third-order valence-electron chi connectivity index (χ3n) is 2.06. The molecule has 17 heavy (non-hydrogen) atoms. The van der Waals surface area contributed by atoms with Gasteiger partial charge in [0, 0.05) is 0 Å². The number of anilines is 1. The largest absolute Gasteiger partial charge is 0.490 e. The SMILES string of the molecule is CCOc1ccccc1OCc1nc(N)n[nH]1. The van der Waals surface area contributed by atoms with Crippen molar-refractivity contribution in [3.63, 3.8) is 0 Å². The molecular formula is C11H14N4O2. The average molecular weight is 234 g/mol. The van der Waals surface area contributed by atoms with Gasteiger partial charge in [0.1, 0.15) is 6.61 Å². The summed E-state index contributed by atoms with van der Waals surface area (Å²) in [5.74, 6) is 2.17. The third kappa shape index (κ3) is 2.87. The lowest BCUT2D eigenvalue weighted by molar-refractivity contribution is 0.263. The van der Waals surface area contributed by atoms with Crippen molar-refractivity contribution in [3.8, 4) is 11.5 Å². The fourth-order valence-electron chi connectivity index (χ4n) is 1.36. The van der Waals surface area contributed by atoms with Crippen LogP contribution in [-0.4, -0.2) is 21.8 Å². The fraction of sp³-hybridized carbons (Fsp3) is 0.273. The summed E-state index contributed by atoms with van der Waals surface area (Å²) < 4.78 is 11.0. The van der Waals surface area contributed by atoms with E-state index in [1.807, 2.05) is 31.2 Å². The van der Waals surface area contributed by atoms with E-state index in [2.05, 4.69) is 15.2 Å². The molecule has 1 heterocycles. The van der Waals surface area contributed by atoms with Gasteiger partial charge in [0.05, 0.1) is 6.61 Å². The number of nitrogen functional groups attached to an aromatic ring is 1. The molecule has 0 fully saturated rings. The van der Waals surface area contributed by atoms with Crippen LogP contribution in [0.5, 0.6) is 11.5 Å². The van der Waals surface area contributed by atoms with Crippen molar-refractivity contribution in [2.24, 2.45) is 0 Å². The second-order valence-corrected chi connectivity index (χ2v) is 3.31. The van der Waals surface area contributed by atoms with Gasteiger partial charge in [0.15, 0.2) is 17.3 Å². The number of aromatic amines is 1. The molecule has 0 atom stereocenters. The maximum absolute atomic E-state index is 5.57. The van der Waals surface area contributed by atoms with E-state index in [1.165, 1.54) is 0 Å². The van der Waals surface area contributed by atoms with Crippen LogP contribution in [0.1, 0.15) is 12.7 Å². The van der Waals surface area contributed by atoms with Crippen LogP contribution in [-0.2, 0) is 6.61 Å². The Balaban J connectivity index is 2.03. The number of nitrogens with zero attached hydrogens (tertiary/aromatic N) is 2. The second-order valence-electron chi connectivity index (χ2n) is 3.31. The summed E-state index contributed by atoms with van der Waals surface area (Å²) in [5.41, 5.74) is 5.39. The van der Waals surface area contributed by atoms with E-state index >= 15 is 0 Å². The van der Waals surface area contributed by atoms with Gasteiger partial charge in [-0.05, 0) is 19.1 Å². The highest BCUT2D eigenvalue weighted by atomic mass is 16.5. The zero-order valence-electron chi connectivity index (χ0n) is 9.51. The van der Waals surface area contributed by atoms with Crippen LogP contribution in [0, 0.1) is 0 Å². The van der Waals surface area contributed by atoms with E-state index in [-0.39, 0.29) is 12.6 Å². The molecule has 0 aliphatic rings. The predicted molar refractivity (Wildman–Crippen MR) is 62.7 cm³/mol. The number of hydrogen-bond acceptors (Lipinski definition) is 5. The van der Waals surface area contributed by atoms with E-state index in [0.29, 0.717) is 23.9 Å². The van der Waals surface area contributed by atoms with Gasteiger partial charge in [0.2, 0.25) is 5.95 Å². The molecule has 2 aromatic rings. The smallest absolute Gasteiger partial charge is 0.239 e. The van der Waals surface area contributed by atoms with Gasteiger partial charge in [-0.2, -0.15) is 4.98 Å². The lowest BCUT2D eigenvalue weighted by atomic mass is 10.3. The molecule has 0 spiro atoms. The highest BCUT2D eigenvalue weighted by molar-refractivity contribution is 5.39. The lowest BCUT2D eigenvalue weighted by Crippen LogP contribution is -2.00. The summed E-state index contributed by atoms with van der Waals surface area (Å²) in [5, 5.41) is 6.39. The van der Waals surface area contributed by atoms with Crippen molar-refractivity contribution in [2.45, 2.75) is 13.5 Å². The predicted octanol–water partition coefficient (Wildman–Crippen LogP) is 1.36. The van der Waals surface area contributed by atoms with Crippen LogP contribution in [0.2, 0.25) is 0 Å². The highest BCUT2D eigenvalue weighted by Crippen LogP contribution is 2.26. The number of ether oxygens (including phenoxy) is 2. The number of nitrogens with two attached hydrogens (primary N) is 1. The molecule has 0 amide bonds. The van der Waals surface area contributed by atoms with Crippen molar-refractivity contribution < 1.29 is 9.47 Å². The van der Waals surface area contributed by atoms with Crippen molar-refractivity contribution in [1.82, 2.24) is 15.2 Å². The van der Waals surface area contributed by atoms with Gasteiger partial charge in [-0.3, -0.25) is 5.10 Å². The molecule has 0 saturated heterocycles. The number of H-pyrrole nitrogens is 1. The first kappa shape index (κ1) is 11.3. The van der Waals surface area contributed by atoms with Gasteiger partial charge in [-0.15, -0.1) is 5.10 Å². The quantitative estimate of drug-likeness (QED) is 0.815. The van der Waals surface area contributed by atoms with Crippen molar-refractivity contribution in [1.29, 1.82) is 0 Å². The normalized spacial score (nSPS) is 10.2. The van der Waals surface area contributed by atoms with Gasteiger partial charge < -0.3 is 15.2 Å². The standard InChI is InChI=1S/C11H14N4O2/c1-2-16-8-5-3-4-6-9(8)17-7-10-13-11(12)15-14-10/h3-6H,2,7H2,1H3,(H3,12,13,14,15). The second kappa shape index (κ2) is 5.20. The summed E-state index contributed by atoms with van der Waals surface area (Å²) in [6.45, 7) is 2.79. The minimum Gasteiger partial charge on any atom is -0.490 e. The van der Waals surface area contributed by atoms with Crippen LogP contribution in [0.3, 0.4) is 0 Å². The minimum atomic E-state index is 0.210. The molecule has 1 aromatic carbocycles. The number of nitrogens with one attached hydrogen (secondary N) is 1. The summed E-state index contributed by atoms with van der Waals surface area (Å²) in [6, 6.07) is 7.47. The molecule has 6 heteroatoms. The van der Waals surface area contributed by atoms with Gasteiger partial charge in [-0.1, -0.05) is 12.1 Å². The van der Waals surface area contributed by atoms with Crippen LogP contribution >= 0.6 is 0 Å². The van der Waals surface area contributed by atoms with Crippen molar-refractivity contribution >= 4 is 5.95 Å². The molecule has 0 radical (unpaired) electrons. The van der Waals surface area contributed by atoms with Gasteiger partial charge in [-0.25, -0.2) is 0 Å². The Kier molecular flexibility index (Phi) is 3.44. The average Bonchev–Trinajstić information content (AvgIpc) is 2.74. The zero-order chi connectivity index (χ0) is 12.1. The molecule has 90 valence electrons. The Hall–Kier alpha value is -2.24. The van der Waals surface area contributed by atoms with Gasteiger partial charge >= 0.3 is 0 Å². The van der Waals surface area contributed by atoms with Gasteiger partial charge in [0.25, 0.3) is 0 Å². The third-order valence-corrected chi connectivity index (χ3v) is 2.06. The van der Waals surface area contributed by atoms with E-state index in [4.69, 9.17) is 15.2 Å². The molecular weight excluding hydrogens is 220 g/mol. The van der Waals surface area contributed by atoms with E-state index in [1.54, 1.807) is 0 Å². The highest BCUT2D eigenvalue weighted by Gasteiger charge is 2.05. The summed E-state index contributed by atoms with van der Waals surface area (Å²) in [6.07, 6.45) is 0. The summed E-state index contributed by atoms with van der Waals surface area (Å²) in [4.78, 5) is 3.95. The molecule has 0 aliphatic carbocycles. The van der Waals surface area contributed by atoms with Crippen molar-refractivity contribution in [3.05, 3.63) is 30.1 Å². The van der Waals surface area contributed by atoms with Crippen LogP contribution in [0.4, 0.5) is 5.95 Å². The molecule has 3 N–H and O–H groups in total. The zero-order valence-corrected chi connectivity index (χ0v) is 9.51. The Morgan fingerprint density at radius 1 is 1.24 bits per heavy atom. The number of benzene rings is 1. The van der Waals surface area contributed by atoms with Crippen molar-refractivity contribution in [2.75, 3.05) is 12.3 Å². The molecule has 0 aliphatic heterocycles. The Morgan fingerprint density at radius 2 is 1.94 bits per heavy atom. The molecule has 2 rings (SSSR count). The van der Waals surface area contributed by atoms with E-state index in [0.717, 1.165) is 0 Å². The minimum absolute atomic E-state index is 0.210. The molecule has 0 unspecified atom stereocenters. The monoisotopic (exact) mass is 234 g/mol. The number of rotatable bonds is 5. The van der Waals surface area contributed by atoms with E-state index < -0.39 is 0 Å². The number of aromatic nitrogens is 3. The number of hydrogen-bond donors (Lipinski definition) is 2. The Bertz CT molecular complexity index is 484. The maximum Gasteiger partial charge on any atom is 0.239 e. The first-order valence-corrected chi connectivity index (χ1v) is 5.31. The fourth-order valence-corrected chi connectivity index (χ4v) is 1.36. The molecule has 1 aromatic heterocycles.